The Bertz CT molecular complexity index is 544. The average Bonchev–Trinajstić information content (AvgIpc) is 2.48. The highest BCUT2D eigenvalue weighted by Gasteiger charge is 2.36. The Labute approximate surface area is 146 Å². The second kappa shape index (κ2) is 9.14. The number of nitrogens with zero attached hydrogens (tertiary/aromatic N) is 1. The summed E-state index contributed by atoms with van der Waals surface area (Å²) in [5.41, 5.74) is 2.15. The zero-order valence-corrected chi connectivity index (χ0v) is 14.0. The molecule has 0 spiro atoms. The SMILES string of the molecule is CN(CCCN)C(=O)NCc1cc(C(F)(F)F)cc(C(F)(F)F)c1.Cl. The lowest BCUT2D eigenvalue weighted by Gasteiger charge is -2.18. The molecule has 0 heterocycles. The smallest absolute Gasteiger partial charge is 0.334 e. The zero-order chi connectivity index (χ0) is 18.5. The van der Waals surface area contributed by atoms with E-state index in [1.807, 2.05) is 0 Å². The summed E-state index contributed by atoms with van der Waals surface area (Å²) in [4.78, 5) is 13.0. The predicted molar refractivity (Wildman–Crippen MR) is 82.2 cm³/mol. The van der Waals surface area contributed by atoms with Crippen molar-refractivity contribution in [3.8, 4) is 0 Å². The minimum absolute atomic E-state index is 0. The molecule has 3 N–H and O–H groups in total. The molecular formula is C14H18ClF6N3O. The first kappa shape index (κ1) is 23.3. The van der Waals surface area contributed by atoms with E-state index >= 15 is 0 Å². The maximum absolute atomic E-state index is 12.7. The van der Waals surface area contributed by atoms with Gasteiger partial charge in [-0.2, -0.15) is 26.3 Å². The summed E-state index contributed by atoms with van der Waals surface area (Å²) < 4.78 is 76.4. The molecule has 1 rings (SSSR count). The van der Waals surface area contributed by atoms with E-state index in [2.05, 4.69) is 5.32 Å². The third-order valence-electron chi connectivity index (χ3n) is 3.14. The molecule has 1 aromatic rings. The van der Waals surface area contributed by atoms with E-state index in [0.29, 0.717) is 31.6 Å². The number of amides is 2. The van der Waals surface area contributed by atoms with Crippen molar-refractivity contribution in [2.75, 3.05) is 20.1 Å². The molecule has 1 aromatic carbocycles. The molecule has 0 saturated carbocycles. The number of carbonyl (C=O) groups is 1. The fourth-order valence-corrected chi connectivity index (χ4v) is 1.86. The Morgan fingerprint density at radius 1 is 1.08 bits per heavy atom. The summed E-state index contributed by atoms with van der Waals surface area (Å²) >= 11 is 0. The van der Waals surface area contributed by atoms with Crippen LogP contribution in [0, 0.1) is 0 Å². The molecule has 0 aromatic heterocycles. The Balaban J connectivity index is 0.00000576. The Morgan fingerprint density at radius 3 is 1.96 bits per heavy atom. The van der Waals surface area contributed by atoms with E-state index in [1.54, 1.807) is 0 Å². The summed E-state index contributed by atoms with van der Waals surface area (Å²) in [6.45, 7) is 0.206. The highest BCUT2D eigenvalue weighted by Crippen LogP contribution is 2.36. The quantitative estimate of drug-likeness (QED) is 0.750. The summed E-state index contributed by atoms with van der Waals surface area (Å²) in [6.07, 6.45) is -9.32. The van der Waals surface area contributed by atoms with Gasteiger partial charge in [0.1, 0.15) is 0 Å². The Kier molecular flexibility index (Phi) is 8.52. The van der Waals surface area contributed by atoms with E-state index in [0.717, 1.165) is 0 Å². The highest BCUT2D eigenvalue weighted by molar-refractivity contribution is 5.85. The van der Waals surface area contributed by atoms with Crippen LogP contribution in [0.2, 0.25) is 0 Å². The summed E-state index contributed by atoms with van der Waals surface area (Å²) in [5, 5.41) is 2.28. The van der Waals surface area contributed by atoms with Gasteiger partial charge in [0.2, 0.25) is 0 Å². The Morgan fingerprint density at radius 2 is 1.56 bits per heavy atom. The molecule has 0 aliphatic carbocycles. The van der Waals surface area contributed by atoms with Crippen LogP contribution in [-0.4, -0.2) is 31.1 Å². The number of hydrogen-bond acceptors (Lipinski definition) is 2. The molecule has 0 aliphatic heterocycles. The molecule has 0 unspecified atom stereocenters. The lowest BCUT2D eigenvalue weighted by atomic mass is 10.0. The number of hydrogen-bond donors (Lipinski definition) is 2. The molecule has 0 bridgehead atoms. The molecule has 0 aliphatic rings. The van der Waals surface area contributed by atoms with Crippen LogP contribution in [0.1, 0.15) is 23.1 Å². The van der Waals surface area contributed by atoms with E-state index < -0.39 is 36.1 Å². The number of nitrogens with two attached hydrogens (primary N) is 1. The molecule has 2 amide bonds. The van der Waals surface area contributed by atoms with Gasteiger partial charge >= 0.3 is 18.4 Å². The third kappa shape index (κ3) is 7.39. The molecular weight excluding hydrogens is 376 g/mol. The molecule has 25 heavy (non-hydrogen) atoms. The first-order valence-corrected chi connectivity index (χ1v) is 6.92. The van der Waals surface area contributed by atoms with Crippen molar-refractivity contribution < 1.29 is 31.1 Å². The van der Waals surface area contributed by atoms with Crippen molar-refractivity contribution >= 4 is 18.4 Å². The van der Waals surface area contributed by atoms with Crippen molar-refractivity contribution in [1.29, 1.82) is 0 Å². The number of alkyl halides is 6. The lowest BCUT2D eigenvalue weighted by molar-refractivity contribution is -0.143. The molecule has 0 fully saturated rings. The average molecular weight is 394 g/mol. The van der Waals surface area contributed by atoms with Crippen LogP contribution in [0.4, 0.5) is 31.1 Å². The van der Waals surface area contributed by atoms with Crippen molar-refractivity contribution in [3.63, 3.8) is 0 Å². The molecule has 0 saturated heterocycles. The van der Waals surface area contributed by atoms with Gasteiger partial charge in [0, 0.05) is 20.1 Å². The molecule has 4 nitrogen and oxygen atoms in total. The monoisotopic (exact) mass is 393 g/mol. The first-order valence-electron chi connectivity index (χ1n) is 6.92. The van der Waals surface area contributed by atoms with Gasteiger partial charge in [0.25, 0.3) is 0 Å². The standard InChI is InChI=1S/C14H17F6N3O.ClH/c1-23(4-2-3-21)12(24)22-8-9-5-10(13(15,16)17)7-11(6-9)14(18,19)20;/h5-7H,2-4,8,21H2,1H3,(H,22,24);1H. The zero-order valence-electron chi connectivity index (χ0n) is 13.2. The van der Waals surface area contributed by atoms with E-state index in [-0.39, 0.29) is 24.0 Å². The number of benzene rings is 1. The van der Waals surface area contributed by atoms with Gasteiger partial charge in [-0.3, -0.25) is 0 Å². The van der Waals surface area contributed by atoms with Crippen molar-refractivity contribution in [3.05, 3.63) is 34.9 Å². The van der Waals surface area contributed by atoms with Crippen LogP contribution in [0.3, 0.4) is 0 Å². The van der Waals surface area contributed by atoms with E-state index in [1.165, 1.54) is 11.9 Å². The van der Waals surface area contributed by atoms with Gasteiger partial charge in [-0.25, -0.2) is 4.79 Å². The van der Waals surface area contributed by atoms with Gasteiger partial charge in [-0.1, -0.05) is 0 Å². The fourth-order valence-electron chi connectivity index (χ4n) is 1.86. The first-order chi connectivity index (χ1) is 10.9. The van der Waals surface area contributed by atoms with Gasteiger partial charge in [-0.05, 0) is 36.7 Å². The normalized spacial score (nSPS) is 11.7. The third-order valence-corrected chi connectivity index (χ3v) is 3.14. The number of nitrogens with one attached hydrogen (secondary N) is 1. The second-order valence-corrected chi connectivity index (χ2v) is 5.14. The van der Waals surface area contributed by atoms with Crippen molar-refractivity contribution in [2.24, 2.45) is 5.73 Å². The molecule has 0 radical (unpaired) electrons. The topological polar surface area (TPSA) is 58.4 Å². The number of rotatable bonds is 5. The van der Waals surface area contributed by atoms with Crippen LogP contribution in [-0.2, 0) is 18.9 Å². The van der Waals surface area contributed by atoms with Crippen LogP contribution < -0.4 is 11.1 Å². The van der Waals surface area contributed by atoms with Gasteiger partial charge in [0.15, 0.2) is 0 Å². The van der Waals surface area contributed by atoms with Crippen LogP contribution >= 0.6 is 12.4 Å². The second-order valence-electron chi connectivity index (χ2n) is 5.14. The molecule has 144 valence electrons. The van der Waals surface area contributed by atoms with Crippen LogP contribution in [0.5, 0.6) is 0 Å². The van der Waals surface area contributed by atoms with Gasteiger partial charge < -0.3 is 16.0 Å². The number of urea groups is 1. The highest BCUT2D eigenvalue weighted by atomic mass is 35.5. The predicted octanol–water partition coefficient (Wildman–Crippen LogP) is 3.64. The van der Waals surface area contributed by atoms with Gasteiger partial charge in [0.05, 0.1) is 11.1 Å². The summed E-state index contributed by atoms with van der Waals surface area (Å²) in [7, 11) is 1.44. The van der Waals surface area contributed by atoms with Crippen LogP contribution in [0.25, 0.3) is 0 Å². The molecule has 0 atom stereocenters. The van der Waals surface area contributed by atoms with Crippen molar-refractivity contribution in [1.82, 2.24) is 10.2 Å². The fraction of sp³-hybridized carbons (Fsp3) is 0.500. The Hall–Kier alpha value is -1.68. The molecule has 11 heteroatoms. The number of halogens is 7. The van der Waals surface area contributed by atoms with E-state index in [9.17, 15) is 31.1 Å². The largest absolute Gasteiger partial charge is 0.416 e. The summed E-state index contributed by atoms with van der Waals surface area (Å²) in [6, 6.07) is 0.582. The van der Waals surface area contributed by atoms with Crippen LogP contribution in [0.15, 0.2) is 18.2 Å². The summed E-state index contributed by atoms with van der Waals surface area (Å²) in [5.74, 6) is 0. The van der Waals surface area contributed by atoms with Gasteiger partial charge in [-0.15, -0.1) is 12.4 Å². The maximum atomic E-state index is 12.7. The van der Waals surface area contributed by atoms with E-state index in [4.69, 9.17) is 5.73 Å². The minimum Gasteiger partial charge on any atom is -0.334 e. The minimum atomic E-state index is -4.92. The number of carbonyl (C=O) groups excluding carboxylic acids is 1. The lowest BCUT2D eigenvalue weighted by Crippen LogP contribution is -2.38. The van der Waals surface area contributed by atoms with Crippen molar-refractivity contribution in [2.45, 2.75) is 25.3 Å². The maximum Gasteiger partial charge on any atom is 0.416 e.